The molecule has 18 heavy (non-hydrogen) atoms. The lowest BCUT2D eigenvalue weighted by Crippen LogP contribution is -2.24. The molecular formula is C13H20N2O3. The number of nitrogens with one attached hydrogen (secondary N) is 1. The van der Waals surface area contributed by atoms with E-state index in [1.54, 1.807) is 7.11 Å². The van der Waals surface area contributed by atoms with E-state index < -0.39 is 0 Å². The summed E-state index contributed by atoms with van der Waals surface area (Å²) in [6.45, 7) is 2.78. The van der Waals surface area contributed by atoms with E-state index in [0.717, 1.165) is 11.3 Å². The summed E-state index contributed by atoms with van der Waals surface area (Å²) in [7, 11) is 1.60. The van der Waals surface area contributed by atoms with Crippen molar-refractivity contribution in [1.29, 1.82) is 0 Å². The normalized spacial score (nSPS) is 12.2. The van der Waals surface area contributed by atoms with Crippen molar-refractivity contribution in [3.05, 3.63) is 29.8 Å². The molecule has 0 fully saturated rings. The number of amides is 1. The lowest BCUT2D eigenvalue weighted by Gasteiger charge is -2.12. The number of ether oxygens (including phenoxy) is 2. The van der Waals surface area contributed by atoms with E-state index in [1.807, 2.05) is 31.2 Å². The first-order chi connectivity index (χ1) is 8.65. The molecule has 1 unspecified atom stereocenters. The second-order valence-electron chi connectivity index (χ2n) is 4.03. The molecule has 0 aliphatic heterocycles. The molecule has 1 amide bonds. The molecule has 0 aliphatic rings. The largest absolute Gasteiger partial charge is 0.382 e. The summed E-state index contributed by atoms with van der Waals surface area (Å²) in [5, 5.41) is 2.75. The van der Waals surface area contributed by atoms with Crippen molar-refractivity contribution in [3.8, 4) is 0 Å². The van der Waals surface area contributed by atoms with Crippen molar-refractivity contribution >= 4 is 11.6 Å². The van der Waals surface area contributed by atoms with Crippen molar-refractivity contribution in [3.63, 3.8) is 0 Å². The minimum Gasteiger partial charge on any atom is -0.382 e. The first-order valence-electron chi connectivity index (χ1n) is 5.85. The molecule has 0 aromatic heterocycles. The Morgan fingerprint density at radius 3 is 2.94 bits per heavy atom. The molecule has 0 aliphatic carbocycles. The first-order valence-corrected chi connectivity index (χ1v) is 5.85. The molecule has 3 N–H and O–H groups in total. The Morgan fingerprint density at radius 1 is 1.50 bits per heavy atom. The number of rotatable bonds is 7. The molecule has 0 saturated carbocycles. The monoisotopic (exact) mass is 252 g/mol. The smallest absolute Gasteiger partial charge is 0.250 e. The van der Waals surface area contributed by atoms with Crippen LogP contribution in [0.1, 0.15) is 12.5 Å². The van der Waals surface area contributed by atoms with Crippen molar-refractivity contribution in [2.24, 2.45) is 5.73 Å². The molecule has 0 saturated heterocycles. The number of carbonyl (C=O) groups excluding carboxylic acids is 1. The third-order valence-corrected chi connectivity index (χ3v) is 2.35. The van der Waals surface area contributed by atoms with E-state index in [1.165, 1.54) is 0 Å². The zero-order valence-electron chi connectivity index (χ0n) is 10.8. The zero-order chi connectivity index (χ0) is 13.4. The molecule has 1 atom stereocenters. The highest BCUT2D eigenvalue weighted by atomic mass is 16.5. The molecule has 0 heterocycles. The number of nitrogens with two attached hydrogens (primary N) is 1. The van der Waals surface area contributed by atoms with Crippen molar-refractivity contribution in [2.45, 2.75) is 19.6 Å². The van der Waals surface area contributed by atoms with E-state index in [9.17, 15) is 4.79 Å². The lowest BCUT2D eigenvalue weighted by atomic mass is 10.2. The van der Waals surface area contributed by atoms with E-state index in [4.69, 9.17) is 15.2 Å². The summed E-state index contributed by atoms with van der Waals surface area (Å²) in [5.41, 5.74) is 7.23. The number of carbonyl (C=O) groups is 1. The van der Waals surface area contributed by atoms with Crippen LogP contribution in [0.15, 0.2) is 24.3 Å². The van der Waals surface area contributed by atoms with Crippen molar-refractivity contribution < 1.29 is 14.3 Å². The molecule has 1 aromatic carbocycles. The molecule has 5 heteroatoms. The highest BCUT2D eigenvalue weighted by Crippen LogP contribution is 2.09. The topological polar surface area (TPSA) is 73.6 Å². The quantitative estimate of drug-likeness (QED) is 0.763. The van der Waals surface area contributed by atoms with Crippen LogP contribution in [0.4, 0.5) is 5.69 Å². The average Bonchev–Trinajstić information content (AvgIpc) is 2.37. The van der Waals surface area contributed by atoms with Crippen molar-refractivity contribution in [2.75, 3.05) is 25.6 Å². The lowest BCUT2D eigenvalue weighted by molar-refractivity contribution is -0.123. The van der Waals surface area contributed by atoms with Crippen LogP contribution in [0.3, 0.4) is 0 Å². The van der Waals surface area contributed by atoms with Gasteiger partial charge >= 0.3 is 0 Å². The SMILES string of the molecule is COCC(C)OCC(=O)Nc1cccc(CN)c1. The number of benzene rings is 1. The summed E-state index contributed by atoms with van der Waals surface area (Å²) in [4.78, 5) is 11.6. The van der Waals surface area contributed by atoms with Crippen LogP contribution < -0.4 is 11.1 Å². The fourth-order valence-corrected chi connectivity index (χ4v) is 1.47. The summed E-state index contributed by atoms with van der Waals surface area (Å²) in [6.07, 6.45) is -0.101. The molecule has 5 nitrogen and oxygen atoms in total. The summed E-state index contributed by atoms with van der Waals surface area (Å²) < 4.78 is 10.2. The van der Waals surface area contributed by atoms with E-state index >= 15 is 0 Å². The Morgan fingerprint density at radius 2 is 2.28 bits per heavy atom. The highest BCUT2D eigenvalue weighted by molar-refractivity contribution is 5.91. The van der Waals surface area contributed by atoms with Gasteiger partial charge in [0.05, 0.1) is 12.7 Å². The van der Waals surface area contributed by atoms with Gasteiger partial charge in [-0.1, -0.05) is 12.1 Å². The highest BCUT2D eigenvalue weighted by Gasteiger charge is 2.07. The second-order valence-corrected chi connectivity index (χ2v) is 4.03. The predicted molar refractivity (Wildman–Crippen MR) is 70.3 cm³/mol. The number of hydrogen-bond acceptors (Lipinski definition) is 4. The van der Waals surface area contributed by atoms with Gasteiger partial charge in [-0.05, 0) is 24.6 Å². The van der Waals surface area contributed by atoms with Crippen LogP contribution >= 0.6 is 0 Å². The van der Waals surface area contributed by atoms with Gasteiger partial charge in [-0.25, -0.2) is 0 Å². The van der Waals surface area contributed by atoms with Gasteiger partial charge < -0.3 is 20.5 Å². The summed E-state index contributed by atoms with van der Waals surface area (Å²) >= 11 is 0. The van der Waals surface area contributed by atoms with Crippen LogP contribution in [-0.2, 0) is 20.8 Å². The molecule has 1 rings (SSSR count). The summed E-state index contributed by atoms with van der Waals surface area (Å²) in [5.74, 6) is -0.188. The molecular weight excluding hydrogens is 232 g/mol. The van der Waals surface area contributed by atoms with Gasteiger partial charge in [-0.3, -0.25) is 4.79 Å². The predicted octanol–water partition coefficient (Wildman–Crippen LogP) is 1.14. The third-order valence-electron chi connectivity index (χ3n) is 2.35. The third kappa shape index (κ3) is 5.27. The molecule has 1 aromatic rings. The standard InChI is InChI=1S/C13H20N2O3/c1-10(8-17-2)18-9-13(16)15-12-5-3-4-11(6-12)7-14/h3-6,10H,7-9,14H2,1-2H3,(H,15,16). The number of anilines is 1. The zero-order valence-corrected chi connectivity index (χ0v) is 10.8. The summed E-state index contributed by atoms with van der Waals surface area (Å²) in [6, 6.07) is 7.42. The van der Waals surface area contributed by atoms with Gasteiger partial charge in [-0.15, -0.1) is 0 Å². The van der Waals surface area contributed by atoms with Gasteiger partial charge in [0, 0.05) is 19.3 Å². The van der Waals surface area contributed by atoms with E-state index in [0.29, 0.717) is 13.2 Å². The molecule has 0 radical (unpaired) electrons. The maximum Gasteiger partial charge on any atom is 0.250 e. The maximum atomic E-state index is 11.6. The number of methoxy groups -OCH3 is 1. The Balaban J connectivity index is 2.39. The van der Waals surface area contributed by atoms with Gasteiger partial charge in [0.25, 0.3) is 0 Å². The Hall–Kier alpha value is -1.43. The van der Waals surface area contributed by atoms with Crippen LogP contribution in [0.2, 0.25) is 0 Å². The first kappa shape index (κ1) is 14.6. The Bertz CT molecular complexity index is 382. The van der Waals surface area contributed by atoms with E-state index in [2.05, 4.69) is 5.32 Å². The fourth-order valence-electron chi connectivity index (χ4n) is 1.47. The Labute approximate surface area is 107 Å². The van der Waals surface area contributed by atoms with Gasteiger partial charge in [-0.2, -0.15) is 0 Å². The number of hydrogen-bond donors (Lipinski definition) is 2. The van der Waals surface area contributed by atoms with Crippen LogP contribution in [0.5, 0.6) is 0 Å². The molecule has 0 bridgehead atoms. The van der Waals surface area contributed by atoms with Gasteiger partial charge in [0.2, 0.25) is 5.91 Å². The average molecular weight is 252 g/mol. The van der Waals surface area contributed by atoms with Crippen LogP contribution in [0, 0.1) is 0 Å². The molecule has 100 valence electrons. The van der Waals surface area contributed by atoms with E-state index in [-0.39, 0.29) is 18.6 Å². The Kier molecular flexibility index (Phi) is 6.35. The van der Waals surface area contributed by atoms with Crippen LogP contribution in [0.25, 0.3) is 0 Å². The van der Waals surface area contributed by atoms with Gasteiger partial charge in [0.1, 0.15) is 6.61 Å². The minimum absolute atomic E-state index is 0.0113. The van der Waals surface area contributed by atoms with Crippen molar-refractivity contribution in [1.82, 2.24) is 0 Å². The molecule has 0 spiro atoms. The minimum atomic E-state index is -0.188. The van der Waals surface area contributed by atoms with Crippen LogP contribution in [-0.4, -0.2) is 32.3 Å². The second kappa shape index (κ2) is 7.81. The van der Waals surface area contributed by atoms with Gasteiger partial charge in [0.15, 0.2) is 0 Å². The fraction of sp³-hybridized carbons (Fsp3) is 0.462. The maximum absolute atomic E-state index is 11.6.